The fraction of sp³-hybridized carbons (Fsp3) is 0.600. The number of aromatic amines is 1. The van der Waals surface area contributed by atoms with Gasteiger partial charge in [-0.05, 0) is 20.4 Å². The SMILES string of the molecule is CCNC(C)(C)C(=O)NCc1csc(=O)[nH]1. The summed E-state index contributed by atoms with van der Waals surface area (Å²) < 4.78 is 0. The summed E-state index contributed by atoms with van der Waals surface area (Å²) in [6, 6.07) is 0. The number of amides is 1. The van der Waals surface area contributed by atoms with Crippen LogP contribution in [0.3, 0.4) is 0 Å². The summed E-state index contributed by atoms with van der Waals surface area (Å²) in [5.41, 5.74) is 0.140. The molecule has 0 spiro atoms. The normalized spacial score (nSPS) is 11.4. The van der Waals surface area contributed by atoms with Crippen LogP contribution in [0.25, 0.3) is 0 Å². The second kappa shape index (κ2) is 5.27. The van der Waals surface area contributed by atoms with Crippen LogP contribution < -0.4 is 15.5 Å². The van der Waals surface area contributed by atoms with Crippen LogP contribution in [-0.2, 0) is 11.3 Å². The summed E-state index contributed by atoms with van der Waals surface area (Å²) in [4.78, 5) is 25.2. The lowest BCUT2D eigenvalue weighted by atomic mass is 10.0. The molecule has 3 N–H and O–H groups in total. The van der Waals surface area contributed by atoms with Gasteiger partial charge in [-0.1, -0.05) is 18.3 Å². The average molecular weight is 243 g/mol. The molecule has 5 nitrogen and oxygen atoms in total. The van der Waals surface area contributed by atoms with Crippen molar-refractivity contribution in [2.45, 2.75) is 32.9 Å². The zero-order valence-electron chi connectivity index (χ0n) is 9.72. The fourth-order valence-corrected chi connectivity index (χ4v) is 1.90. The van der Waals surface area contributed by atoms with Crippen molar-refractivity contribution in [2.75, 3.05) is 6.54 Å². The van der Waals surface area contributed by atoms with Crippen LogP contribution in [0.5, 0.6) is 0 Å². The van der Waals surface area contributed by atoms with Crippen molar-refractivity contribution in [2.24, 2.45) is 0 Å². The van der Waals surface area contributed by atoms with Crippen LogP contribution in [0.2, 0.25) is 0 Å². The number of H-pyrrole nitrogens is 1. The van der Waals surface area contributed by atoms with Crippen molar-refractivity contribution in [3.8, 4) is 0 Å². The monoisotopic (exact) mass is 243 g/mol. The quantitative estimate of drug-likeness (QED) is 0.702. The summed E-state index contributed by atoms with van der Waals surface area (Å²) in [7, 11) is 0. The molecular formula is C10H17N3O2S. The standard InChI is InChI=1S/C10H17N3O2S/c1-4-12-10(2,3)8(14)11-5-7-6-16-9(15)13-7/h6,12H,4-5H2,1-3H3,(H,11,14)(H,13,15). The van der Waals surface area contributed by atoms with Gasteiger partial charge in [-0.3, -0.25) is 9.59 Å². The Labute approximate surface area is 98.3 Å². The van der Waals surface area contributed by atoms with Crippen LogP contribution in [0.15, 0.2) is 10.2 Å². The number of carbonyl (C=O) groups excluding carboxylic acids is 1. The molecule has 6 heteroatoms. The lowest BCUT2D eigenvalue weighted by Gasteiger charge is -2.24. The molecule has 16 heavy (non-hydrogen) atoms. The van der Waals surface area contributed by atoms with Gasteiger partial charge in [0, 0.05) is 11.1 Å². The lowest BCUT2D eigenvalue weighted by Crippen LogP contribution is -2.52. The Kier molecular flexibility index (Phi) is 4.26. The zero-order valence-corrected chi connectivity index (χ0v) is 10.5. The van der Waals surface area contributed by atoms with Gasteiger partial charge in [-0.2, -0.15) is 0 Å². The molecule has 0 saturated heterocycles. The van der Waals surface area contributed by atoms with E-state index in [4.69, 9.17) is 0 Å². The molecule has 0 aromatic carbocycles. The van der Waals surface area contributed by atoms with E-state index in [0.717, 1.165) is 23.6 Å². The van der Waals surface area contributed by atoms with Crippen LogP contribution >= 0.6 is 11.3 Å². The molecule has 0 unspecified atom stereocenters. The van der Waals surface area contributed by atoms with E-state index in [1.54, 1.807) is 5.38 Å². The lowest BCUT2D eigenvalue weighted by molar-refractivity contribution is -0.126. The Bertz CT molecular complexity index is 408. The van der Waals surface area contributed by atoms with E-state index in [1.165, 1.54) is 0 Å². The Morgan fingerprint density at radius 3 is 2.75 bits per heavy atom. The largest absolute Gasteiger partial charge is 0.349 e. The topological polar surface area (TPSA) is 74.0 Å². The van der Waals surface area contributed by atoms with Crippen molar-refractivity contribution >= 4 is 17.2 Å². The molecule has 0 aliphatic rings. The third kappa shape index (κ3) is 3.46. The predicted molar refractivity (Wildman–Crippen MR) is 64.5 cm³/mol. The van der Waals surface area contributed by atoms with Crippen molar-refractivity contribution in [3.63, 3.8) is 0 Å². The molecular weight excluding hydrogens is 226 g/mol. The van der Waals surface area contributed by atoms with E-state index >= 15 is 0 Å². The minimum Gasteiger partial charge on any atom is -0.349 e. The Hall–Kier alpha value is -1.14. The Morgan fingerprint density at radius 2 is 2.25 bits per heavy atom. The van der Waals surface area contributed by atoms with Gasteiger partial charge < -0.3 is 15.6 Å². The molecule has 0 atom stereocenters. The number of aromatic nitrogens is 1. The van der Waals surface area contributed by atoms with Gasteiger partial charge in [0.2, 0.25) is 5.91 Å². The number of rotatable bonds is 5. The van der Waals surface area contributed by atoms with E-state index in [0.29, 0.717) is 6.54 Å². The second-order valence-corrected chi connectivity index (χ2v) is 4.85. The van der Waals surface area contributed by atoms with E-state index < -0.39 is 5.54 Å². The highest BCUT2D eigenvalue weighted by Gasteiger charge is 2.25. The van der Waals surface area contributed by atoms with Gasteiger partial charge in [0.1, 0.15) is 0 Å². The highest BCUT2D eigenvalue weighted by Crippen LogP contribution is 2.02. The van der Waals surface area contributed by atoms with Crippen LogP contribution in [0.1, 0.15) is 26.5 Å². The highest BCUT2D eigenvalue weighted by atomic mass is 32.1. The van der Waals surface area contributed by atoms with Gasteiger partial charge >= 0.3 is 4.87 Å². The van der Waals surface area contributed by atoms with E-state index in [2.05, 4.69) is 15.6 Å². The van der Waals surface area contributed by atoms with E-state index in [-0.39, 0.29) is 10.8 Å². The molecule has 0 saturated carbocycles. The summed E-state index contributed by atoms with van der Waals surface area (Å²) in [5.74, 6) is -0.0820. The molecule has 1 aromatic rings. The maximum atomic E-state index is 11.8. The molecule has 0 aliphatic carbocycles. The number of thiazole rings is 1. The summed E-state index contributed by atoms with van der Waals surface area (Å²) >= 11 is 1.10. The smallest absolute Gasteiger partial charge is 0.304 e. The third-order valence-electron chi connectivity index (χ3n) is 2.20. The van der Waals surface area contributed by atoms with Gasteiger partial charge in [-0.15, -0.1) is 0 Å². The number of hydrogen-bond acceptors (Lipinski definition) is 4. The first-order valence-electron chi connectivity index (χ1n) is 5.15. The van der Waals surface area contributed by atoms with Crippen LogP contribution in [-0.4, -0.2) is 23.0 Å². The van der Waals surface area contributed by atoms with E-state index in [9.17, 15) is 9.59 Å². The molecule has 1 rings (SSSR count). The van der Waals surface area contributed by atoms with Crippen molar-refractivity contribution < 1.29 is 4.79 Å². The van der Waals surface area contributed by atoms with Crippen molar-refractivity contribution in [1.82, 2.24) is 15.6 Å². The molecule has 1 heterocycles. The zero-order chi connectivity index (χ0) is 12.2. The van der Waals surface area contributed by atoms with Crippen LogP contribution in [0.4, 0.5) is 0 Å². The summed E-state index contributed by atoms with van der Waals surface area (Å²) in [5, 5.41) is 7.57. The molecule has 0 bridgehead atoms. The molecule has 0 aliphatic heterocycles. The first-order valence-corrected chi connectivity index (χ1v) is 6.03. The maximum Gasteiger partial charge on any atom is 0.304 e. The summed E-state index contributed by atoms with van der Waals surface area (Å²) in [6.45, 7) is 6.68. The number of likely N-dealkylation sites (N-methyl/N-ethyl adjacent to an activating group) is 1. The van der Waals surface area contributed by atoms with Crippen molar-refractivity contribution in [1.29, 1.82) is 0 Å². The fourth-order valence-electron chi connectivity index (χ4n) is 1.32. The first kappa shape index (κ1) is 12.9. The average Bonchev–Trinajstić information content (AvgIpc) is 2.60. The molecule has 1 aromatic heterocycles. The van der Waals surface area contributed by atoms with Gasteiger partial charge in [0.05, 0.1) is 12.1 Å². The maximum absolute atomic E-state index is 11.8. The predicted octanol–water partition coefficient (Wildman–Crippen LogP) is 0.441. The minimum atomic E-state index is -0.592. The minimum absolute atomic E-state index is 0.0820. The molecule has 0 radical (unpaired) electrons. The summed E-state index contributed by atoms with van der Waals surface area (Å²) in [6.07, 6.45) is 0. The van der Waals surface area contributed by atoms with Crippen molar-refractivity contribution in [3.05, 3.63) is 20.7 Å². The first-order chi connectivity index (χ1) is 7.45. The number of nitrogens with one attached hydrogen (secondary N) is 3. The van der Waals surface area contributed by atoms with Crippen LogP contribution in [0, 0.1) is 0 Å². The number of hydrogen-bond donors (Lipinski definition) is 3. The third-order valence-corrected chi connectivity index (χ3v) is 2.92. The molecule has 1 amide bonds. The Morgan fingerprint density at radius 1 is 1.56 bits per heavy atom. The molecule has 0 fully saturated rings. The molecule has 90 valence electrons. The highest BCUT2D eigenvalue weighted by molar-refractivity contribution is 7.07. The Balaban J connectivity index is 2.49. The number of carbonyl (C=O) groups is 1. The van der Waals surface area contributed by atoms with Gasteiger partial charge in [0.15, 0.2) is 0 Å². The second-order valence-electron chi connectivity index (χ2n) is 4.01. The van der Waals surface area contributed by atoms with E-state index in [1.807, 2.05) is 20.8 Å². The van der Waals surface area contributed by atoms with Gasteiger partial charge in [-0.25, -0.2) is 0 Å². The van der Waals surface area contributed by atoms with Gasteiger partial charge in [0.25, 0.3) is 0 Å².